The molecule has 3 aromatic rings. The molecule has 0 spiro atoms. The number of hydrogen-bond donors (Lipinski definition) is 1. The molecule has 0 aliphatic carbocycles. The van der Waals surface area contributed by atoms with Gasteiger partial charge in [0.25, 0.3) is 0 Å². The second kappa shape index (κ2) is 10.1. The highest BCUT2D eigenvalue weighted by Gasteiger charge is 2.31. The van der Waals surface area contributed by atoms with E-state index in [1.165, 1.54) is 23.9 Å². The fraction of sp³-hybridized carbons (Fsp3) is 0.333. The minimum absolute atomic E-state index is 0.0370. The minimum Gasteiger partial charge on any atom is -0.455 e. The van der Waals surface area contributed by atoms with Crippen molar-refractivity contribution in [1.29, 1.82) is 0 Å². The van der Waals surface area contributed by atoms with Gasteiger partial charge in [-0.1, -0.05) is 41.1 Å². The third kappa shape index (κ3) is 5.56. The maximum atomic E-state index is 13.2. The topological polar surface area (TPSA) is 59.0 Å². The number of aromatic nitrogens is 1. The molecule has 0 saturated carbocycles. The van der Waals surface area contributed by atoms with Crippen LogP contribution in [0, 0.1) is 6.92 Å². The maximum Gasteiger partial charge on any atom is 0.416 e. The highest BCUT2D eigenvalue weighted by molar-refractivity contribution is 6.02. The lowest BCUT2D eigenvalue weighted by atomic mass is 10.0. The van der Waals surface area contributed by atoms with Crippen LogP contribution in [0.4, 0.5) is 19.0 Å². The van der Waals surface area contributed by atoms with E-state index in [1.807, 2.05) is 13.0 Å². The van der Waals surface area contributed by atoms with Gasteiger partial charge >= 0.3 is 6.18 Å². The molecular formula is C27H27F3N4O2. The SMILES string of the molecule is Cc1ccc(CC2CON=C(c3cc(N4CCCC4)ncc3Oc3cccc(C(F)(F)F)c3)N2)cc1. The first-order valence-electron chi connectivity index (χ1n) is 12.0. The van der Waals surface area contributed by atoms with E-state index >= 15 is 0 Å². The molecule has 1 fully saturated rings. The number of pyridine rings is 1. The van der Waals surface area contributed by atoms with E-state index in [0.29, 0.717) is 23.8 Å². The summed E-state index contributed by atoms with van der Waals surface area (Å²) in [5, 5.41) is 7.66. The molecule has 36 heavy (non-hydrogen) atoms. The van der Waals surface area contributed by atoms with Gasteiger partial charge in [0, 0.05) is 13.1 Å². The standard InChI is InChI=1S/C27H27F3N4O2/c1-18-7-9-19(10-8-18)13-21-17-35-33-26(32-21)23-15-25(34-11-2-3-12-34)31-16-24(23)36-22-6-4-5-20(14-22)27(28,29)30/h4-10,14-16,21H,2-3,11-13,17H2,1H3,(H,32,33). The predicted molar refractivity (Wildman–Crippen MR) is 131 cm³/mol. The van der Waals surface area contributed by atoms with Crippen molar-refractivity contribution in [3.8, 4) is 11.5 Å². The second-order valence-corrected chi connectivity index (χ2v) is 9.13. The lowest BCUT2D eigenvalue weighted by molar-refractivity contribution is -0.137. The van der Waals surface area contributed by atoms with Gasteiger partial charge in [-0.05, 0) is 56.0 Å². The summed E-state index contributed by atoms with van der Waals surface area (Å²) in [7, 11) is 0. The van der Waals surface area contributed by atoms with Crippen molar-refractivity contribution >= 4 is 11.7 Å². The number of benzene rings is 2. The molecule has 2 aromatic carbocycles. The second-order valence-electron chi connectivity index (χ2n) is 9.13. The number of alkyl halides is 3. The van der Waals surface area contributed by atoms with Gasteiger partial charge in [0.05, 0.1) is 23.4 Å². The molecule has 6 nitrogen and oxygen atoms in total. The third-order valence-electron chi connectivity index (χ3n) is 6.30. The summed E-state index contributed by atoms with van der Waals surface area (Å²) in [6, 6.07) is 14.9. The van der Waals surface area contributed by atoms with Crippen LogP contribution in [-0.4, -0.2) is 36.6 Å². The van der Waals surface area contributed by atoms with E-state index < -0.39 is 11.7 Å². The number of halogens is 3. The van der Waals surface area contributed by atoms with Crippen molar-refractivity contribution < 1.29 is 22.7 Å². The van der Waals surface area contributed by atoms with E-state index in [9.17, 15) is 13.2 Å². The van der Waals surface area contributed by atoms with E-state index in [-0.39, 0.29) is 11.8 Å². The molecule has 1 unspecified atom stereocenters. The summed E-state index contributed by atoms with van der Waals surface area (Å²) in [5.74, 6) is 1.59. The molecule has 2 aliphatic heterocycles. The Morgan fingerprint density at radius 1 is 1.08 bits per heavy atom. The van der Waals surface area contributed by atoms with Crippen LogP contribution in [-0.2, 0) is 17.4 Å². The zero-order valence-corrected chi connectivity index (χ0v) is 19.9. The molecule has 2 aliphatic rings. The smallest absolute Gasteiger partial charge is 0.416 e. The van der Waals surface area contributed by atoms with Gasteiger partial charge in [0.1, 0.15) is 18.2 Å². The Hall–Kier alpha value is -3.75. The normalized spacial score (nSPS) is 17.8. The number of hydrogen-bond acceptors (Lipinski definition) is 6. The zero-order chi connectivity index (χ0) is 25.1. The summed E-state index contributed by atoms with van der Waals surface area (Å²) < 4.78 is 45.6. The average Bonchev–Trinajstić information content (AvgIpc) is 3.41. The average molecular weight is 497 g/mol. The number of oxime groups is 1. The summed E-state index contributed by atoms with van der Waals surface area (Å²) in [6.45, 7) is 4.23. The molecule has 9 heteroatoms. The predicted octanol–water partition coefficient (Wildman–Crippen LogP) is 5.69. The lowest BCUT2D eigenvalue weighted by Crippen LogP contribution is -2.43. The fourth-order valence-corrected chi connectivity index (χ4v) is 4.38. The van der Waals surface area contributed by atoms with E-state index in [4.69, 9.17) is 9.57 Å². The van der Waals surface area contributed by atoms with Crippen molar-refractivity contribution in [3.63, 3.8) is 0 Å². The molecule has 0 bridgehead atoms. The Kier molecular flexibility index (Phi) is 6.71. The van der Waals surface area contributed by atoms with Gasteiger partial charge in [0.15, 0.2) is 11.6 Å². The van der Waals surface area contributed by atoms with Crippen LogP contribution in [0.2, 0.25) is 0 Å². The van der Waals surface area contributed by atoms with Crippen LogP contribution in [0.15, 0.2) is 65.9 Å². The third-order valence-corrected chi connectivity index (χ3v) is 6.30. The number of nitrogens with zero attached hydrogens (tertiary/aromatic N) is 3. The van der Waals surface area contributed by atoms with E-state index in [0.717, 1.165) is 55.9 Å². The zero-order valence-electron chi connectivity index (χ0n) is 19.9. The number of amidine groups is 1. The van der Waals surface area contributed by atoms with Crippen LogP contribution in [0.5, 0.6) is 11.5 Å². The molecule has 1 aromatic heterocycles. The molecule has 1 saturated heterocycles. The van der Waals surface area contributed by atoms with Crippen LogP contribution in [0.3, 0.4) is 0 Å². The van der Waals surface area contributed by atoms with Crippen LogP contribution >= 0.6 is 0 Å². The van der Waals surface area contributed by atoms with Crippen LogP contribution in [0.1, 0.15) is 35.1 Å². The first-order chi connectivity index (χ1) is 17.3. The summed E-state index contributed by atoms with van der Waals surface area (Å²) in [6.07, 6.45) is -0.0306. The Balaban J connectivity index is 1.43. The molecule has 1 atom stereocenters. The number of nitrogens with one attached hydrogen (secondary N) is 1. The van der Waals surface area contributed by atoms with Crippen molar-refractivity contribution in [3.05, 3.63) is 83.0 Å². The molecule has 3 heterocycles. The Bertz CT molecular complexity index is 1240. The Morgan fingerprint density at radius 2 is 1.86 bits per heavy atom. The van der Waals surface area contributed by atoms with Gasteiger partial charge in [-0.2, -0.15) is 13.2 Å². The van der Waals surface area contributed by atoms with Gasteiger partial charge in [-0.25, -0.2) is 4.98 Å². The van der Waals surface area contributed by atoms with Gasteiger partial charge in [0.2, 0.25) is 0 Å². The lowest BCUT2D eigenvalue weighted by Gasteiger charge is -2.26. The maximum absolute atomic E-state index is 13.2. The van der Waals surface area contributed by atoms with Gasteiger partial charge < -0.3 is 19.8 Å². The number of ether oxygens (including phenoxy) is 1. The summed E-state index contributed by atoms with van der Waals surface area (Å²) >= 11 is 0. The molecule has 1 N–H and O–H groups in total. The largest absolute Gasteiger partial charge is 0.455 e. The molecule has 5 rings (SSSR count). The van der Waals surface area contributed by atoms with Gasteiger partial charge in [-0.3, -0.25) is 0 Å². The molecule has 0 amide bonds. The van der Waals surface area contributed by atoms with E-state index in [1.54, 1.807) is 0 Å². The van der Waals surface area contributed by atoms with Crippen molar-refractivity contribution in [2.24, 2.45) is 5.16 Å². The van der Waals surface area contributed by atoms with Crippen LogP contribution < -0.4 is 15.0 Å². The highest BCUT2D eigenvalue weighted by atomic mass is 19.4. The summed E-state index contributed by atoms with van der Waals surface area (Å²) in [4.78, 5) is 12.3. The quantitative estimate of drug-likeness (QED) is 0.475. The molecular weight excluding hydrogens is 469 g/mol. The number of aryl methyl sites for hydroxylation is 1. The number of anilines is 1. The molecule has 188 valence electrons. The van der Waals surface area contributed by atoms with Crippen molar-refractivity contribution in [1.82, 2.24) is 10.3 Å². The number of rotatable bonds is 6. The van der Waals surface area contributed by atoms with Crippen molar-refractivity contribution in [2.75, 3.05) is 24.6 Å². The monoisotopic (exact) mass is 496 g/mol. The first-order valence-corrected chi connectivity index (χ1v) is 12.0. The van der Waals surface area contributed by atoms with Crippen LogP contribution in [0.25, 0.3) is 0 Å². The molecule has 0 radical (unpaired) electrons. The van der Waals surface area contributed by atoms with Gasteiger partial charge in [-0.15, -0.1) is 0 Å². The van der Waals surface area contributed by atoms with E-state index in [2.05, 4.69) is 44.6 Å². The fourth-order valence-electron chi connectivity index (χ4n) is 4.38. The summed E-state index contributed by atoms with van der Waals surface area (Å²) in [5.41, 5.74) is 2.16. The van der Waals surface area contributed by atoms with Crippen molar-refractivity contribution in [2.45, 2.75) is 38.4 Å². The minimum atomic E-state index is -4.47. The first kappa shape index (κ1) is 24.0. The Morgan fingerprint density at radius 3 is 2.61 bits per heavy atom. The Labute approximate surface area is 207 Å². The highest BCUT2D eigenvalue weighted by Crippen LogP contribution is 2.34.